The number of ether oxygens (including phenoxy) is 3. The lowest BCUT2D eigenvalue weighted by Gasteiger charge is -2.18. The average molecular weight is 465 g/mol. The molecule has 178 valence electrons. The van der Waals surface area contributed by atoms with E-state index < -0.39 is 0 Å². The van der Waals surface area contributed by atoms with Crippen molar-refractivity contribution in [2.24, 2.45) is 0 Å². The Kier molecular flexibility index (Phi) is 6.58. The van der Waals surface area contributed by atoms with Gasteiger partial charge >= 0.3 is 6.03 Å². The molecule has 0 bridgehead atoms. The SMILES string of the molecule is COc1cc(NC(=O)N2Cc3cnc(Nc4cccc(N(C)C)c4)nc3C2)cc(OC)c1OC. The molecule has 1 aliphatic heterocycles. The number of methoxy groups -OCH3 is 3. The van der Waals surface area contributed by atoms with E-state index in [-0.39, 0.29) is 6.03 Å². The van der Waals surface area contributed by atoms with Gasteiger partial charge in [-0.15, -0.1) is 0 Å². The van der Waals surface area contributed by atoms with Gasteiger partial charge in [-0.3, -0.25) is 0 Å². The zero-order chi connectivity index (χ0) is 24.2. The van der Waals surface area contributed by atoms with Gasteiger partial charge < -0.3 is 34.6 Å². The van der Waals surface area contributed by atoms with Crippen LogP contribution in [0.1, 0.15) is 11.3 Å². The van der Waals surface area contributed by atoms with E-state index in [0.717, 1.165) is 22.6 Å². The van der Waals surface area contributed by atoms with Gasteiger partial charge in [0.05, 0.1) is 45.8 Å². The minimum Gasteiger partial charge on any atom is -0.493 e. The van der Waals surface area contributed by atoms with Crippen LogP contribution in [-0.2, 0) is 13.1 Å². The number of aromatic nitrogens is 2. The van der Waals surface area contributed by atoms with Gasteiger partial charge in [0.25, 0.3) is 0 Å². The fourth-order valence-corrected chi connectivity index (χ4v) is 3.70. The molecule has 0 fully saturated rings. The first-order valence-electron chi connectivity index (χ1n) is 10.7. The summed E-state index contributed by atoms with van der Waals surface area (Å²) in [4.78, 5) is 25.7. The van der Waals surface area contributed by atoms with Crippen molar-refractivity contribution in [3.8, 4) is 17.2 Å². The summed E-state index contributed by atoms with van der Waals surface area (Å²) < 4.78 is 16.1. The molecule has 2 amide bonds. The zero-order valence-corrected chi connectivity index (χ0v) is 19.9. The normalized spacial score (nSPS) is 12.1. The molecule has 0 atom stereocenters. The average Bonchev–Trinajstić information content (AvgIpc) is 3.27. The summed E-state index contributed by atoms with van der Waals surface area (Å²) in [6, 6.07) is 11.1. The van der Waals surface area contributed by atoms with Crippen molar-refractivity contribution in [1.82, 2.24) is 14.9 Å². The predicted molar refractivity (Wildman–Crippen MR) is 130 cm³/mol. The lowest BCUT2D eigenvalue weighted by molar-refractivity contribution is 0.212. The van der Waals surface area contributed by atoms with Crippen molar-refractivity contribution in [1.29, 1.82) is 0 Å². The number of amides is 2. The van der Waals surface area contributed by atoms with Crippen LogP contribution in [0.3, 0.4) is 0 Å². The van der Waals surface area contributed by atoms with Crippen LogP contribution >= 0.6 is 0 Å². The Morgan fingerprint density at radius 3 is 2.38 bits per heavy atom. The monoisotopic (exact) mass is 464 g/mol. The molecule has 0 spiro atoms. The molecule has 2 N–H and O–H groups in total. The molecule has 1 aromatic heterocycles. The molecule has 0 radical (unpaired) electrons. The highest BCUT2D eigenvalue weighted by atomic mass is 16.5. The third kappa shape index (κ3) is 4.75. The molecule has 10 heteroatoms. The second-order valence-corrected chi connectivity index (χ2v) is 7.94. The van der Waals surface area contributed by atoms with Gasteiger partial charge in [-0.1, -0.05) is 6.07 Å². The largest absolute Gasteiger partial charge is 0.493 e. The van der Waals surface area contributed by atoms with Gasteiger partial charge in [-0.25, -0.2) is 14.8 Å². The molecule has 1 aliphatic rings. The van der Waals surface area contributed by atoms with Gasteiger partial charge in [-0.05, 0) is 18.2 Å². The smallest absolute Gasteiger partial charge is 0.322 e. The van der Waals surface area contributed by atoms with Crippen LogP contribution in [0.25, 0.3) is 0 Å². The number of carbonyl (C=O) groups excluding carboxylic acids is 1. The summed E-state index contributed by atoms with van der Waals surface area (Å²) in [5.41, 5.74) is 4.21. The van der Waals surface area contributed by atoms with Gasteiger partial charge in [0, 0.05) is 49.4 Å². The van der Waals surface area contributed by atoms with Crippen LogP contribution in [0.15, 0.2) is 42.6 Å². The number of fused-ring (bicyclic) bond motifs is 1. The summed E-state index contributed by atoms with van der Waals surface area (Å²) >= 11 is 0. The third-order valence-electron chi connectivity index (χ3n) is 5.48. The first kappa shape index (κ1) is 23.0. The molecule has 4 rings (SSSR count). The molecule has 10 nitrogen and oxygen atoms in total. The highest BCUT2D eigenvalue weighted by Crippen LogP contribution is 2.40. The number of hydrogen-bond acceptors (Lipinski definition) is 8. The number of nitrogens with zero attached hydrogens (tertiary/aromatic N) is 4. The molecule has 0 saturated heterocycles. The van der Waals surface area contributed by atoms with Crippen molar-refractivity contribution in [2.45, 2.75) is 13.1 Å². The van der Waals surface area contributed by atoms with E-state index in [0.29, 0.717) is 42.0 Å². The van der Waals surface area contributed by atoms with Crippen molar-refractivity contribution >= 4 is 29.0 Å². The number of hydrogen-bond donors (Lipinski definition) is 2. The summed E-state index contributed by atoms with van der Waals surface area (Å²) in [6.07, 6.45) is 1.76. The van der Waals surface area contributed by atoms with E-state index in [2.05, 4.69) is 20.6 Å². The van der Waals surface area contributed by atoms with Gasteiger partial charge in [0.2, 0.25) is 11.7 Å². The van der Waals surface area contributed by atoms with Crippen LogP contribution in [0.4, 0.5) is 27.8 Å². The highest BCUT2D eigenvalue weighted by molar-refractivity contribution is 5.90. The topological polar surface area (TPSA) is 101 Å². The minimum atomic E-state index is -0.263. The number of anilines is 4. The Hall–Kier alpha value is -4.21. The summed E-state index contributed by atoms with van der Waals surface area (Å²) in [6.45, 7) is 0.794. The summed E-state index contributed by atoms with van der Waals surface area (Å²) in [5, 5.41) is 6.13. The number of benzene rings is 2. The maximum absolute atomic E-state index is 12.9. The van der Waals surface area contributed by atoms with Crippen molar-refractivity contribution in [3.05, 3.63) is 53.9 Å². The van der Waals surface area contributed by atoms with Crippen LogP contribution < -0.4 is 29.7 Å². The van der Waals surface area contributed by atoms with Gasteiger partial charge in [-0.2, -0.15) is 0 Å². The molecule has 0 saturated carbocycles. The Balaban J connectivity index is 1.45. The molecular formula is C24H28N6O4. The Morgan fingerprint density at radius 2 is 1.74 bits per heavy atom. The fourth-order valence-electron chi connectivity index (χ4n) is 3.70. The first-order chi connectivity index (χ1) is 16.4. The molecule has 2 heterocycles. The second-order valence-electron chi connectivity index (χ2n) is 7.94. The number of nitrogens with one attached hydrogen (secondary N) is 2. The lowest BCUT2D eigenvalue weighted by Crippen LogP contribution is -2.30. The van der Waals surface area contributed by atoms with E-state index >= 15 is 0 Å². The zero-order valence-electron chi connectivity index (χ0n) is 19.9. The first-order valence-corrected chi connectivity index (χ1v) is 10.7. The predicted octanol–water partition coefficient (Wildman–Crippen LogP) is 3.86. The maximum Gasteiger partial charge on any atom is 0.322 e. The lowest BCUT2D eigenvalue weighted by atomic mass is 10.2. The van der Waals surface area contributed by atoms with Crippen molar-refractivity contribution < 1.29 is 19.0 Å². The minimum absolute atomic E-state index is 0.263. The molecule has 0 unspecified atom stereocenters. The maximum atomic E-state index is 12.9. The van der Waals surface area contributed by atoms with Crippen molar-refractivity contribution in [3.63, 3.8) is 0 Å². The molecule has 2 aromatic carbocycles. The highest BCUT2D eigenvalue weighted by Gasteiger charge is 2.26. The molecule has 0 aliphatic carbocycles. The van der Waals surface area contributed by atoms with Crippen LogP contribution in [-0.4, -0.2) is 56.3 Å². The van der Waals surface area contributed by atoms with Crippen LogP contribution in [0.2, 0.25) is 0 Å². The van der Waals surface area contributed by atoms with E-state index in [1.165, 1.54) is 21.3 Å². The quantitative estimate of drug-likeness (QED) is 0.544. The van der Waals surface area contributed by atoms with E-state index in [1.54, 1.807) is 23.2 Å². The van der Waals surface area contributed by atoms with E-state index in [9.17, 15) is 4.79 Å². The van der Waals surface area contributed by atoms with E-state index in [1.807, 2.05) is 43.3 Å². The number of carbonyl (C=O) groups is 1. The van der Waals surface area contributed by atoms with Gasteiger partial charge in [0.15, 0.2) is 11.5 Å². The Morgan fingerprint density at radius 1 is 1.00 bits per heavy atom. The van der Waals surface area contributed by atoms with Gasteiger partial charge in [0.1, 0.15) is 0 Å². The summed E-state index contributed by atoms with van der Waals surface area (Å²) in [7, 11) is 8.57. The van der Waals surface area contributed by atoms with Crippen molar-refractivity contribution in [2.75, 3.05) is 51.0 Å². The Bertz CT molecular complexity index is 1170. The van der Waals surface area contributed by atoms with E-state index in [4.69, 9.17) is 14.2 Å². The number of rotatable bonds is 7. The molecule has 3 aromatic rings. The second kappa shape index (κ2) is 9.74. The fraction of sp³-hybridized carbons (Fsp3) is 0.292. The number of urea groups is 1. The van der Waals surface area contributed by atoms with Crippen LogP contribution in [0, 0.1) is 0 Å². The standard InChI is InChI=1S/C24H28N6O4/c1-29(2)18-8-6-7-16(9-18)26-23-25-12-15-13-30(14-19(15)28-23)24(31)27-17-10-20(32-3)22(34-5)21(11-17)33-4/h6-12H,13-14H2,1-5H3,(H,27,31)(H,25,26,28). The summed E-state index contributed by atoms with van der Waals surface area (Å²) in [5.74, 6) is 1.87. The molecular weight excluding hydrogens is 436 g/mol. The third-order valence-corrected chi connectivity index (χ3v) is 5.48. The van der Waals surface area contributed by atoms with Crippen LogP contribution in [0.5, 0.6) is 17.2 Å². The Labute approximate surface area is 198 Å². The molecule has 34 heavy (non-hydrogen) atoms.